The van der Waals surface area contributed by atoms with Crippen molar-refractivity contribution < 1.29 is 4.79 Å². The summed E-state index contributed by atoms with van der Waals surface area (Å²) in [5.74, 6) is 0.944. The van der Waals surface area contributed by atoms with Crippen LogP contribution in [0.15, 0.2) is 0 Å². The van der Waals surface area contributed by atoms with E-state index in [1.54, 1.807) is 0 Å². The van der Waals surface area contributed by atoms with Gasteiger partial charge < -0.3 is 10.6 Å². The first-order valence-corrected chi connectivity index (χ1v) is 6.68. The zero-order valence-corrected chi connectivity index (χ0v) is 12.0. The zero-order valence-electron chi connectivity index (χ0n) is 12.0. The first-order valence-electron chi connectivity index (χ1n) is 6.68. The summed E-state index contributed by atoms with van der Waals surface area (Å²) in [6.45, 7) is 13.0. The molecule has 0 aromatic rings. The molecule has 1 rings (SSSR count). The van der Waals surface area contributed by atoms with Crippen LogP contribution in [0.5, 0.6) is 0 Å². The zero-order chi connectivity index (χ0) is 13.3. The van der Waals surface area contributed by atoms with Gasteiger partial charge in [0.1, 0.15) is 0 Å². The third-order valence-corrected chi connectivity index (χ3v) is 4.10. The van der Waals surface area contributed by atoms with Crippen LogP contribution in [-0.2, 0) is 4.79 Å². The standard InChI is InChI=1S/C14H28N2O/c1-13(2,3)11-6-8-16(9-7-11)12(17)14(4,5)10-15/h11H,6-10,15H2,1-5H3. The van der Waals surface area contributed by atoms with E-state index < -0.39 is 5.41 Å². The van der Waals surface area contributed by atoms with E-state index in [0.29, 0.717) is 12.0 Å². The first kappa shape index (κ1) is 14.5. The minimum Gasteiger partial charge on any atom is -0.342 e. The van der Waals surface area contributed by atoms with Crippen molar-refractivity contribution >= 4 is 5.91 Å². The van der Waals surface area contributed by atoms with Crippen LogP contribution in [-0.4, -0.2) is 30.4 Å². The van der Waals surface area contributed by atoms with E-state index in [0.717, 1.165) is 31.8 Å². The Bertz CT molecular complexity index is 270. The summed E-state index contributed by atoms with van der Waals surface area (Å²) in [6, 6.07) is 0. The van der Waals surface area contributed by atoms with E-state index in [9.17, 15) is 4.79 Å². The molecule has 1 amide bonds. The highest BCUT2D eigenvalue weighted by atomic mass is 16.2. The molecule has 0 unspecified atom stereocenters. The fourth-order valence-corrected chi connectivity index (χ4v) is 2.46. The summed E-state index contributed by atoms with van der Waals surface area (Å²) >= 11 is 0. The number of amides is 1. The van der Waals surface area contributed by atoms with Gasteiger partial charge in [-0.1, -0.05) is 20.8 Å². The summed E-state index contributed by atoms with van der Waals surface area (Å²) in [7, 11) is 0. The summed E-state index contributed by atoms with van der Waals surface area (Å²) in [6.07, 6.45) is 2.24. The fraction of sp³-hybridized carbons (Fsp3) is 0.929. The molecule has 0 saturated carbocycles. The highest BCUT2D eigenvalue weighted by Crippen LogP contribution is 2.35. The average Bonchev–Trinajstić information content (AvgIpc) is 2.27. The van der Waals surface area contributed by atoms with E-state index in [-0.39, 0.29) is 5.91 Å². The number of likely N-dealkylation sites (tertiary alicyclic amines) is 1. The topological polar surface area (TPSA) is 46.3 Å². The highest BCUT2D eigenvalue weighted by Gasteiger charge is 2.35. The van der Waals surface area contributed by atoms with Gasteiger partial charge in [-0.2, -0.15) is 0 Å². The smallest absolute Gasteiger partial charge is 0.229 e. The molecule has 0 aliphatic carbocycles. The van der Waals surface area contributed by atoms with Crippen molar-refractivity contribution in [1.82, 2.24) is 4.90 Å². The van der Waals surface area contributed by atoms with Gasteiger partial charge >= 0.3 is 0 Å². The number of hydrogen-bond donors (Lipinski definition) is 1. The van der Waals surface area contributed by atoms with Gasteiger partial charge in [-0.05, 0) is 38.0 Å². The van der Waals surface area contributed by atoms with Gasteiger partial charge in [-0.3, -0.25) is 4.79 Å². The molecule has 1 heterocycles. The van der Waals surface area contributed by atoms with E-state index >= 15 is 0 Å². The highest BCUT2D eigenvalue weighted by molar-refractivity contribution is 5.82. The Morgan fingerprint density at radius 2 is 1.65 bits per heavy atom. The number of piperidine rings is 1. The molecule has 100 valence electrons. The number of carbonyl (C=O) groups is 1. The Labute approximate surface area is 106 Å². The van der Waals surface area contributed by atoms with E-state index in [4.69, 9.17) is 5.73 Å². The van der Waals surface area contributed by atoms with Crippen molar-refractivity contribution in [1.29, 1.82) is 0 Å². The van der Waals surface area contributed by atoms with Gasteiger partial charge in [0.25, 0.3) is 0 Å². The number of rotatable bonds is 2. The minimum atomic E-state index is -0.408. The molecule has 1 aliphatic rings. The van der Waals surface area contributed by atoms with Crippen LogP contribution in [0.1, 0.15) is 47.5 Å². The Morgan fingerprint density at radius 3 is 2.00 bits per heavy atom. The van der Waals surface area contributed by atoms with Gasteiger partial charge in [0.15, 0.2) is 0 Å². The Balaban J connectivity index is 2.56. The van der Waals surface area contributed by atoms with Crippen LogP contribution >= 0.6 is 0 Å². The van der Waals surface area contributed by atoms with Crippen molar-refractivity contribution in [3.8, 4) is 0 Å². The van der Waals surface area contributed by atoms with Gasteiger partial charge in [-0.25, -0.2) is 0 Å². The normalized spacial score (nSPS) is 19.5. The molecule has 0 bridgehead atoms. The maximum atomic E-state index is 12.3. The lowest BCUT2D eigenvalue weighted by Crippen LogP contribution is -2.48. The lowest BCUT2D eigenvalue weighted by molar-refractivity contribution is -0.141. The molecule has 0 aromatic carbocycles. The molecule has 0 aromatic heterocycles. The average molecular weight is 240 g/mol. The largest absolute Gasteiger partial charge is 0.342 e. The lowest BCUT2D eigenvalue weighted by atomic mass is 9.75. The van der Waals surface area contributed by atoms with Gasteiger partial charge in [0.2, 0.25) is 5.91 Å². The lowest BCUT2D eigenvalue weighted by Gasteiger charge is -2.41. The molecule has 0 atom stereocenters. The second-order valence-corrected chi connectivity index (χ2v) is 7.02. The molecule has 17 heavy (non-hydrogen) atoms. The molecule has 1 aliphatic heterocycles. The third-order valence-electron chi connectivity index (χ3n) is 4.10. The molecule has 1 saturated heterocycles. The van der Waals surface area contributed by atoms with E-state index in [2.05, 4.69) is 20.8 Å². The molecular weight excluding hydrogens is 212 g/mol. The summed E-state index contributed by atoms with van der Waals surface area (Å²) in [5, 5.41) is 0. The summed E-state index contributed by atoms with van der Waals surface area (Å²) in [4.78, 5) is 14.2. The van der Waals surface area contributed by atoms with E-state index in [1.807, 2.05) is 18.7 Å². The summed E-state index contributed by atoms with van der Waals surface area (Å²) in [5.41, 5.74) is 5.61. The Morgan fingerprint density at radius 1 is 1.18 bits per heavy atom. The van der Waals surface area contributed by atoms with Crippen molar-refractivity contribution in [2.24, 2.45) is 22.5 Å². The number of carbonyl (C=O) groups excluding carboxylic acids is 1. The molecular formula is C14H28N2O. The molecule has 3 nitrogen and oxygen atoms in total. The monoisotopic (exact) mass is 240 g/mol. The Hall–Kier alpha value is -0.570. The maximum absolute atomic E-state index is 12.3. The molecule has 0 spiro atoms. The molecule has 1 fully saturated rings. The Kier molecular flexibility index (Phi) is 4.23. The van der Waals surface area contributed by atoms with Crippen LogP contribution in [0.3, 0.4) is 0 Å². The maximum Gasteiger partial charge on any atom is 0.229 e. The third kappa shape index (κ3) is 3.44. The van der Waals surface area contributed by atoms with Gasteiger partial charge in [-0.15, -0.1) is 0 Å². The van der Waals surface area contributed by atoms with Crippen molar-refractivity contribution in [2.75, 3.05) is 19.6 Å². The molecule has 3 heteroatoms. The van der Waals surface area contributed by atoms with Crippen LogP contribution in [0.25, 0.3) is 0 Å². The van der Waals surface area contributed by atoms with Gasteiger partial charge in [0, 0.05) is 19.6 Å². The summed E-state index contributed by atoms with van der Waals surface area (Å²) < 4.78 is 0. The number of nitrogens with two attached hydrogens (primary N) is 1. The second kappa shape index (κ2) is 4.97. The van der Waals surface area contributed by atoms with Crippen molar-refractivity contribution in [3.63, 3.8) is 0 Å². The van der Waals surface area contributed by atoms with Crippen LogP contribution in [0.2, 0.25) is 0 Å². The van der Waals surface area contributed by atoms with Crippen LogP contribution < -0.4 is 5.73 Å². The second-order valence-electron chi connectivity index (χ2n) is 7.02. The predicted molar refractivity (Wildman–Crippen MR) is 71.6 cm³/mol. The quantitative estimate of drug-likeness (QED) is 0.804. The molecule has 0 radical (unpaired) electrons. The van der Waals surface area contributed by atoms with Crippen LogP contribution in [0, 0.1) is 16.7 Å². The molecule has 2 N–H and O–H groups in total. The first-order chi connectivity index (χ1) is 7.68. The SMILES string of the molecule is CC(C)(CN)C(=O)N1CCC(C(C)(C)C)CC1. The van der Waals surface area contributed by atoms with Gasteiger partial charge in [0.05, 0.1) is 5.41 Å². The fourth-order valence-electron chi connectivity index (χ4n) is 2.46. The van der Waals surface area contributed by atoms with Crippen molar-refractivity contribution in [2.45, 2.75) is 47.5 Å². The minimum absolute atomic E-state index is 0.215. The van der Waals surface area contributed by atoms with Crippen LogP contribution in [0.4, 0.5) is 0 Å². The number of hydrogen-bond acceptors (Lipinski definition) is 2. The van der Waals surface area contributed by atoms with Crippen molar-refractivity contribution in [3.05, 3.63) is 0 Å². The predicted octanol–water partition coefficient (Wildman–Crippen LogP) is 2.26. The van der Waals surface area contributed by atoms with E-state index in [1.165, 1.54) is 0 Å². The number of nitrogens with zero attached hydrogens (tertiary/aromatic N) is 1.